The van der Waals surface area contributed by atoms with Crippen LogP contribution in [-0.4, -0.2) is 22.8 Å². The first-order valence-corrected chi connectivity index (χ1v) is 11.2. The van der Waals surface area contributed by atoms with Crippen LogP contribution in [0.25, 0.3) is 0 Å². The zero-order valence-corrected chi connectivity index (χ0v) is 17.0. The van der Waals surface area contributed by atoms with Gasteiger partial charge in [0.15, 0.2) is 5.76 Å². The third kappa shape index (κ3) is 4.20. The van der Waals surface area contributed by atoms with Crippen LogP contribution in [0.5, 0.6) is 0 Å². The fourth-order valence-corrected chi connectivity index (χ4v) is 5.15. The molecule has 2 amide bonds. The van der Waals surface area contributed by atoms with Crippen LogP contribution in [0.15, 0.2) is 57.8 Å². The van der Waals surface area contributed by atoms with E-state index >= 15 is 0 Å². The smallest absolute Gasteiger partial charge is 0.290 e. The maximum absolute atomic E-state index is 13.3. The maximum atomic E-state index is 13.3. The van der Waals surface area contributed by atoms with Crippen LogP contribution in [0.4, 0.5) is 0 Å². The van der Waals surface area contributed by atoms with Crippen LogP contribution < -0.4 is 5.32 Å². The minimum absolute atomic E-state index is 0.120. The van der Waals surface area contributed by atoms with E-state index < -0.39 is 6.04 Å². The van der Waals surface area contributed by atoms with Gasteiger partial charge in [-0.1, -0.05) is 25.0 Å². The highest BCUT2D eigenvalue weighted by molar-refractivity contribution is 7.10. The number of carbonyl (C=O) groups is 2. The predicted octanol–water partition coefficient (Wildman–Crippen LogP) is 4.85. The molecule has 0 bridgehead atoms. The van der Waals surface area contributed by atoms with E-state index in [0.717, 1.165) is 35.4 Å². The lowest BCUT2D eigenvalue weighted by atomic mass is 10.1. The number of nitrogens with one attached hydrogen (secondary N) is 1. The molecule has 1 atom stereocenters. The zero-order valence-electron chi connectivity index (χ0n) is 15.4. The van der Waals surface area contributed by atoms with Gasteiger partial charge in [0, 0.05) is 15.8 Å². The molecule has 28 heavy (non-hydrogen) atoms. The standard InChI is InChI=1S/C21H22N2O3S2/c24-20(22-15-6-1-2-7-15)19(18-10-5-13-28-18)23(14-16-8-4-12-27-16)21(25)17-9-3-11-26-17/h3-5,8-13,15,19H,1-2,6-7,14H2,(H,22,24). The van der Waals surface area contributed by atoms with Crippen molar-refractivity contribution in [3.05, 3.63) is 68.9 Å². The average molecular weight is 415 g/mol. The average Bonchev–Trinajstić information content (AvgIpc) is 3.50. The zero-order chi connectivity index (χ0) is 19.3. The molecule has 3 aromatic heterocycles. The molecule has 1 fully saturated rings. The number of thiophene rings is 2. The first kappa shape index (κ1) is 19.0. The van der Waals surface area contributed by atoms with Gasteiger partial charge in [-0.2, -0.15) is 0 Å². The summed E-state index contributed by atoms with van der Waals surface area (Å²) in [7, 11) is 0. The molecule has 0 aromatic carbocycles. The first-order valence-electron chi connectivity index (χ1n) is 9.43. The van der Waals surface area contributed by atoms with E-state index in [1.54, 1.807) is 28.4 Å². The van der Waals surface area contributed by atoms with E-state index in [4.69, 9.17) is 4.42 Å². The Morgan fingerprint density at radius 1 is 1.11 bits per heavy atom. The molecule has 146 valence electrons. The summed E-state index contributed by atoms with van der Waals surface area (Å²) in [6, 6.07) is 10.6. The molecule has 0 spiro atoms. The Morgan fingerprint density at radius 2 is 1.89 bits per heavy atom. The summed E-state index contributed by atoms with van der Waals surface area (Å²) >= 11 is 3.06. The molecule has 3 aromatic rings. The van der Waals surface area contributed by atoms with Gasteiger partial charge in [0.25, 0.3) is 5.91 Å². The van der Waals surface area contributed by atoms with E-state index in [1.807, 2.05) is 35.0 Å². The molecule has 1 aliphatic carbocycles. The summed E-state index contributed by atoms with van der Waals surface area (Å²) < 4.78 is 5.36. The largest absolute Gasteiger partial charge is 0.459 e. The lowest BCUT2D eigenvalue weighted by Gasteiger charge is -2.30. The topological polar surface area (TPSA) is 62.6 Å². The SMILES string of the molecule is O=C(NC1CCCC1)C(c1cccs1)N(Cc1cccs1)C(=O)c1ccco1. The van der Waals surface area contributed by atoms with Crippen LogP contribution in [-0.2, 0) is 11.3 Å². The van der Waals surface area contributed by atoms with Crippen LogP contribution in [0.1, 0.15) is 52.0 Å². The molecule has 0 radical (unpaired) electrons. The third-order valence-electron chi connectivity index (χ3n) is 4.97. The fraction of sp³-hybridized carbons (Fsp3) is 0.333. The Labute approximate surface area is 172 Å². The summed E-state index contributed by atoms with van der Waals surface area (Å²) in [5.74, 6) is -0.157. The lowest BCUT2D eigenvalue weighted by Crippen LogP contribution is -2.45. The van der Waals surface area contributed by atoms with Gasteiger partial charge >= 0.3 is 0 Å². The number of furan rings is 1. The van der Waals surface area contributed by atoms with Gasteiger partial charge in [0.2, 0.25) is 5.91 Å². The number of nitrogens with zero attached hydrogens (tertiary/aromatic N) is 1. The van der Waals surface area contributed by atoms with Crippen molar-refractivity contribution in [1.29, 1.82) is 0 Å². The number of carbonyl (C=O) groups excluding carboxylic acids is 2. The van der Waals surface area contributed by atoms with Gasteiger partial charge in [0.05, 0.1) is 12.8 Å². The molecule has 0 aliphatic heterocycles. The van der Waals surface area contributed by atoms with E-state index in [-0.39, 0.29) is 23.6 Å². The summed E-state index contributed by atoms with van der Waals surface area (Å²) in [4.78, 5) is 30.1. The van der Waals surface area contributed by atoms with E-state index in [9.17, 15) is 9.59 Å². The third-order valence-corrected chi connectivity index (χ3v) is 6.76. The van der Waals surface area contributed by atoms with Gasteiger partial charge in [-0.15, -0.1) is 22.7 Å². The second-order valence-electron chi connectivity index (χ2n) is 6.90. The van der Waals surface area contributed by atoms with Crippen LogP contribution in [0, 0.1) is 0 Å². The molecule has 1 aliphatic rings. The molecule has 1 N–H and O–H groups in total. The van der Waals surface area contributed by atoms with Gasteiger partial charge in [-0.05, 0) is 47.9 Å². The van der Waals surface area contributed by atoms with Crippen molar-refractivity contribution >= 4 is 34.5 Å². The Morgan fingerprint density at radius 3 is 2.54 bits per heavy atom. The summed E-state index contributed by atoms with van der Waals surface area (Å²) in [5, 5.41) is 7.09. The van der Waals surface area contributed by atoms with Crippen LogP contribution >= 0.6 is 22.7 Å². The van der Waals surface area contributed by atoms with Crippen molar-refractivity contribution in [2.45, 2.75) is 44.3 Å². The molecular formula is C21H22N2O3S2. The van der Waals surface area contributed by atoms with Crippen molar-refractivity contribution in [1.82, 2.24) is 10.2 Å². The quantitative estimate of drug-likeness (QED) is 0.601. The number of hydrogen-bond donors (Lipinski definition) is 1. The lowest BCUT2D eigenvalue weighted by molar-refractivity contribution is -0.126. The Balaban J connectivity index is 1.67. The van der Waals surface area contributed by atoms with Gasteiger partial charge in [-0.25, -0.2) is 0 Å². The summed E-state index contributed by atoms with van der Waals surface area (Å²) in [6.07, 6.45) is 5.76. The highest BCUT2D eigenvalue weighted by atomic mass is 32.1. The van der Waals surface area contributed by atoms with Crippen LogP contribution in [0.3, 0.4) is 0 Å². The maximum Gasteiger partial charge on any atom is 0.290 e. The van der Waals surface area contributed by atoms with Crippen LogP contribution in [0.2, 0.25) is 0 Å². The van der Waals surface area contributed by atoms with E-state index in [0.29, 0.717) is 6.54 Å². The van der Waals surface area contributed by atoms with Crippen molar-refractivity contribution in [3.8, 4) is 0 Å². The first-order chi connectivity index (χ1) is 13.7. The number of amides is 2. The Bertz CT molecular complexity index is 882. The molecule has 1 saturated carbocycles. The normalized spacial score (nSPS) is 15.4. The number of hydrogen-bond acceptors (Lipinski definition) is 5. The van der Waals surface area contributed by atoms with Crippen molar-refractivity contribution in [2.24, 2.45) is 0 Å². The molecule has 5 nitrogen and oxygen atoms in total. The monoisotopic (exact) mass is 414 g/mol. The molecule has 0 saturated heterocycles. The van der Waals surface area contributed by atoms with Gasteiger partial charge in [-0.3, -0.25) is 9.59 Å². The fourth-order valence-electron chi connectivity index (χ4n) is 3.61. The number of rotatable bonds is 7. The second kappa shape index (κ2) is 8.75. The molecule has 4 rings (SSSR count). The molecule has 3 heterocycles. The van der Waals surface area contributed by atoms with Crippen molar-refractivity contribution in [2.75, 3.05) is 0 Å². The van der Waals surface area contributed by atoms with E-state index in [1.165, 1.54) is 17.6 Å². The Kier molecular flexibility index (Phi) is 5.92. The molecule has 1 unspecified atom stereocenters. The Hall–Kier alpha value is -2.38. The highest BCUT2D eigenvalue weighted by Gasteiger charge is 2.35. The molecule has 7 heteroatoms. The van der Waals surface area contributed by atoms with Gasteiger partial charge in [0.1, 0.15) is 6.04 Å². The van der Waals surface area contributed by atoms with E-state index in [2.05, 4.69) is 5.32 Å². The highest BCUT2D eigenvalue weighted by Crippen LogP contribution is 2.30. The minimum Gasteiger partial charge on any atom is -0.459 e. The second-order valence-corrected chi connectivity index (χ2v) is 8.91. The minimum atomic E-state index is -0.680. The summed E-state index contributed by atoms with van der Waals surface area (Å²) in [6.45, 7) is 0.359. The van der Waals surface area contributed by atoms with Crippen molar-refractivity contribution < 1.29 is 14.0 Å². The summed E-state index contributed by atoms with van der Waals surface area (Å²) in [5.41, 5.74) is 0. The molecular weight excluding hydrogens is 392 g/mol. The van der Waals surface area contributed by atoms with Gasteiger partial charge < -0.3 is 14.6 Å². The van der Waals surface area contributed by atoms with Crippen molar-refractivity contribution in [3.63, 3.8) is 0 Å². The predicted molar refractivity (Wildman–Crippen MR) is 110 cm³/mol.